The van der Waals surface area contributed by atoms with E-state index in [0.29, 0.717) is 41.3 Å². The molecule has 9 rings (SSSR count). The molecule has 71 heavy (non-hydrogen) atoms. The second kappa shape index (κ2) is 20.7. The minimum absolute atomic E-state index is 0.0965. The van der Waals surface area contributed by atoms with Crippen molar-refractivity contribution >= 4 is 41.4 Å². The highest BCUT2D eigenvalue weighted by Gasteiger charge is 2.76. The van der Waals surface area contributed by atoms with Crippen LogP contribution in [0.2, 0.25) is 0 Å². The van der Waals surface area contributed by atoms with Crippen LogP contribution < -0.4 is 19.9 Å². The first-order valence-electron chi connectivity index (χ1n) is 23.7. The number of esters is 2. The molecule has 5 aromatic rings. The molecular weight excluding hydrogens is 907 g/mol. The summed E-state index contributed by atoms with van der Waals surface area (Å²) >= 11 is 0. The Labute approximate surface area is 411 Å². The van der Waals surface area contributed by atoms with Crippen molar-refractivity contribution in [2.75, 3.05) is 62.9 Å². The number of carbonyl (C=O) groups is 5. The van der Waals surface area contributed by atoms with Crippen LogP contribution >= 0.6 is 0 Å². The van der Waals surface area contributed by atoms with E-state index >= 15 is 19.2 Å². The lowest BCUT2D eigenvalue weighted by molar-refractivity contribution is -0.179. The van der Waals surface area contributed by atoms with Crippen LogP contribution in [-0.2, 0) is 34.1 Å². The molecule has 0 unspecified atom stereocenters. The van der Waals surface area contributed by atoms with Gasteiger partial charge >= 0.3 is 18.0 Å². The summed E-state index contributed by atoms with van der Waals surface area (Å²) in [5.74, 6) is 1.86. The van der Waals surface area contributed by atoms with Crippen LogP contribution in [0.3, 0.4) is 0 Å². The minimum Gasteiger partial charge on any atom is -0.491 e. The average Bonchev–Trinajstić information content (AvgIpc) is 3.86. The molecule has 4 aliphatic heterocycles. The summed E-state index contributed by atoms with van der Waals surface area (Å²) in [5.41, 5.74) is 0.317. The number of carbonyl (C=O) groups excluding carboxylic acids is 5. The summed E-state index contributed by atoms with van der Waals surface area (Å²) in [6, 6.07) is 26.5. The summed E-state index contributed by atoms with van der Waals surface area (Å²) in [5, 5.41) is 22.6. The molecule has 4 amide bonds. The molecule has 1 aromatic heterocycles. The zero-order valence-corrected chi connectivity index (χ0v) is 39.6. The molecule has 3 fully saturated rings. The third kappa shape index (κ3) is 8.72. The van der Waals surface area contributed by atoms with E-state index in [-0.39, 0.29) is 56.3 Å². The lowest BCUT2D eigenvalue weighted by atomic mass is 9.64. The van der Waals surface area contributed by atoms with E-state index in [0.717, 1.165) is 4.90 Å². The topological polar surface area (TPSA) is 204 Å². The van der Waals surface area contributed by atoms with E-state index < -0.39 is 77.3 Å². The summed E-state index contributed by atoms with van der Waals surface area (Å²) in [6.07, 6.45) is 2.44. The fraction of sp³-hybridized carbons (Fsp3) is 0.352. The number of aliphatic hydroxyl groups is 2. The summed E-state index contributed by atoms with van der Waals surface area (Å²) in [4.78, 5) is 92.5. The Morgan fingerprint density at radius 2 is 1.52 bits per heavy atom. The summed E-state index contributed by atoms with van der Waals surface area (Å²) in [7, 11) is 1.21. The molecule has 17 heteroatoms. The highest BCUT2D eigenvalue weighted by molar-refractivity contribution is 6.25. The van der Waals surface area contributed by atoms with Gasteiger partial charge in [0.2, 0.25) is 17.8 Å². The van der Waals surface area contributed by atoms with E-state index in [1.165, 1.54) is 7.11 Å². The van der Waals surface area contributed by atoms with Crippen LogP contribution in [0.4, 0.5) is 16.4 Å². The number of para-hydroxylation sites is 1. The Balaban J connectivity index is 1.35. The highest BCUT2D eigenvalue weighted by atomic mass is 16.6. The maximum Gasteiger partial charge on any atom is 0.329 e. The number of benzene rings is 4. The van der Waals surface area contributed by atoms with E-state index in [4.69, 9.17) is 14.2 Å². The van der Waals surface area contributed by atoms with Gasteiger partial charge in [0.1, 0.15) is 36.0 Å². The molecule has 366 valence electrons. The largest absolute Gasteiger partial charge is 0.491 e. The zero-order chi connectivity index (χ0) is 49.8. The number of hydrogen-bond donors (Lipinski definition) is 3. The zero-order valence-electron chi connectivity index (χ0n) is 39.6. The number of rotatable bonds is 12. The third-order valence-electron chi connectivity index (χ3n) is 13.8. The van der Waals surface area contributed by atoms with E-state index in [1.54, 1.807) is 79.7 Å². The molecule has 5 heterocycles. The number of anilines is 2. The monoisotopic (exact) mass is 961 g/mol. The van der Waals surface area contributed by atoms with Gasteiger partial charge in [-0.2, -0.15) is 0 Å². The smallest absolute Gasteiger partial charge is 0.329 e. The third-order valence-corrected chi connectivity index (χ3v) is 13.8. The molecule has 4 aliphatic rings. The minimum atomic E-state index is -2.16. The van der Waals surface area contributed by atoms with Crippen LogP contribution in [0.15, 0.2) is 122 Å². The Morgan fingerprint density at radius 3 is 2.18 bits per heavy atom. The Bertz CT molecular complexity index is 2840. The summed E-state index contributed by atoms with van der Waals surface area (Å²) < 4.78 is 18.1. The molecule has 0 saturated carbocycles. The second-order valence-corrected chi connectivity index (χ2v) is 18.1. The Kier molecular flexibility index (Phi) is 14.1. The molecule has 3 saturated heterocycles. The van der Waals surface area contributed by atoms with Gasteiger partial charge in [0, 0.05) is 56.1 Å². The maximum absolute atomic E-state index is 16.8. The first kappa shape index (κ1) is 48.4. The predicted octanol–water partition coefficient (Wildman–Crippen LogP) is 4.50. The van der Waals surface area contributed by atoms with Gasteiger partial charge in [0.25, 0.3) is 0 Å². The van der Waals surface area contributed by atoms with Gasteiger partial charge in [-0.05, 0) is 52.9 Å². The van der Waals surface area contributed by atoms with Crippen LogP contribution in [0.25, 0.3) is 0 Å². The number of hydrogen-bond acceptors (Lipinski definition) is 14. The molecule has 3 N–H and O–H groups in total. The van der Waals surface area contributed by atoms with Gasteiger partial charge in [-0.3, -0.25) is 19.3 Å². The number of urea groups is 1. The molecular formula is C54H55N7O10. The van der Waals surface area contributed by atoms with Crippen molar-refractivity contribution in [3.8, 4) is 17.6 Å². The second-order valence-electron chi connectivity index (χ2n) is 18.1. The summed E-state index contributed by atoms with van der Waals surface area (Å²) in [6.45, 7) is 3.73. The number of amides is 4. The molecule has 7 atom stereocenters. The van der Waals surface area contributed by atoms with Gasteiger partial charge in [-0.15, -0.1) is 0 Å². The number of aromatic nitrogens is 2. The van der Waals surface area contributed by atoms with Gasteiger partial charge in [-0.25, -0.2) is 24.5 Å². The number of piperazine rings is 1. The standard InChI is InChI=1S/C54H55N7O10/c1-34(2)43(49(65)69-3)57-53(68)60-40-23-22-35(15-12-13-30-62)33-39(40)54(51(60)67)42(48(64)58-26-28-59(29-27-58)52-55-24-14-25-56-52)45-50(66)71-46(37-18-8-5-9-19-37)44(36-16-6-4-7-17-36)61(45)47(54)38-20-10-11-21-41(38)70-32-31-63/h4-11,14,16-25,33-34,42-47,62-63H,13,26-32H2,1-3H3,(H,57,68)/t42-,43-,44-,45-,46+,47+,54-/m0/s1. The van der Waals surface area contributed by atoms with Crippen LogP contribution in [0.1, 0.15) is 66.3 Å². The number of imide groups is 1. The molecule has 17 nitrogen and oxygen atoms in total. The van der Waals surface area contributed by atoms with E-state index in [1.807, 2.05) is 70.5 Å². The number of morpholine rings is 1. The molecule has 0 aliphatic carbocycles. The lowest BCUT2D eigenvalue weighted by Crippen LogP contribution is -2.60. The Morgan fingerprint density at radius 1 is 0.845 bits per heavy atom. The van der Waals surface area contributed by atoms with Gasteiger partial charge in [-0.1, -0.05) is 105 Å². The lowest BCUT2D eigenvalue weighted by Gasteiger charge is -2.46. The van der Waals surface area contributed by atoms with Crippen molar-refractivity contribution in [3.05, 3.63) is 149 Å². The van der Waals surface area contributed by atoms with Crippen LogP contribution in [0, 0.1) is 23.7 Å². The number of methoxy groups -OCH3 is 1. The van der Waals surface area contributed by atoms with Crippen molar-refractivity contribution in [3.63, 3.8) is 0 Å². The fourth-order valence-electron chi connectivity index (χ4n) is 10.8. The van der Waals surface area contributed by atoms with Crippen LogP contribution in [-0.4, -0.2) is 125 Å². The average molecular weight is 962 g/mol. The maximum atomic E-state index is 16.8. The number of nitrogens with one attached hydrogen (secondary N) is 1. The van der Waals surface area contributed by atoms with E-state index in [9.17, 15) is 15.0 Å². The van der Waals surface area contributed by atoms with Crippen molar-refractivity contribution in [2.45, 2.75) is 56.0 Å². The first-order chi connectivity index (χ1) is 34.5. The van der Waals surface area contributed by atoms with Gasteiger partial charge in [0.15, 0.2) is 0 Å². The first-order valence-corrected chi connectivity index (χ1v) is 23.7. The van der Waals surface area contributed by atoms with Crippen molar-refractivity contribution < 1.29 is 48.4 Å². The molecule has 4 aromatic carbocycles. The Hall–Kier alpha value is -7.65. The van der Waals surface area contributed by atoms with Crippen LogP contribution in [0.5, 0.6) is 5.75 Å². The molecule has 0 radical (unpaired) electrons. The highest BCUT2D eigenvalue weighted by Crippen LogP contribution is 2.67. The number of aliphatic hydroxyl groups excluding tert-OH is 2. The predicted molar refractivity (Wildman–Crippen MR) is 260 cm³/mol. The van der Waals surface area contributed by atoms with Crippen molar-refractivity contribution in [2.24, 2.45) is 11.8 Å². The van der Waals surface area contributed by atoms with Gasteiger partial charge in [0.05, 0.1) is 44.0 Å². The van der Waals surface area contributed by atoms with E-state index in [2.05, 4.69) is 27.1 Å². The number of cyclic esters (lactones) is 1. The fourth-order valence-corrected chi connectivity index (χ4v) is 10.8. The number of ether oxygens (including phenoxy) is 3. The van der Waals surface area contributed by atoms with Crippen molar-refractivity contribution in [1.82, 2.24) is 25.1 Å². The SMILES string of the molecule is COC(=O)[C@@H](NC(=O)N1C(=O)[C@@]2(c3cc(C#CCCO)ccc31)[C@H](C(=O)N1CCN(c3ncccn3)CC1)[C@H]1C(=O)O[C@H](c3ccccc3)[C@H](c3ccccc3)N1[C@@H]2c1ccccc1OCCO)C(C)C. The normalized spacial score (nSPS) is 23.1. The molecule has 1 spiro atoms. The quantitative estimate of drug-likeness (QED) is 0.116. The number of nitrogens with zero attached hydrogens (tertiary/aromatic N) is 6. The van der Waals surface area contributed by atoms with Crippen molar-refractivity contribution in [1.29, 1.82) is 0 Å². The number of fused-ring (bicyclic) bond motifs is 3. The van der Waals surface area contributed by atoms with Gasteiger partial charge < -0.3 is 39.5 Å². The molecule has 0 bridgehead atoms.